The van der Waals surface area contributed by atoms with Gasteiger partial charge in [0.2, 0.25) is 17.7 Å². The maximum atomic E-state index is 13.4. The van der Waals surface area contributed by atoms with E-state index in [2.05, 4.69) is 17.0 Å². The molecule has 6 atom stereocenters. The van der Waals surface area contributed by atoms with Crippen LogP contribution < -0.4 is 5.32 Å². The summed E-state index contributed by atoms with van der Waals surface area (Å²) in [4.78, 5) is 70.7. The monoisotopic (exact) mass is 606 g/mol. The van der Waals surface area contributed by atoms with Gasteiger partial charge in [0.15, 0.2) is 21.4 Å². The van der Waals surface area contributed by atoms with Gasteiger partial charge in [-0.15, -0.1) is 11.8 Å². The second-order valence-corrected chi connectivity index (χ2v) is 15.9. The van der Waals surface area contributed by atoms with E-state index < -0.39 is 90.0 Å². The first-order chi connectivity index (χ1) is 19.0. The molecular formula is C26H30N4O9S2. The summed E-state index contributed by atoms with van der Waals surface area (Å²) >= 11 is 1.13. The van der Waals surface area contributed by atoms with E-state index in [1.807, 2.05) is 0 Å². The van der Waals surface area contributed by atoms with Gasteiger partial charge in [-0.05, 0) is 40.0 Å². The molecule has 4 aliphatic heterocycles. The molecule has 15 heteroatoms. The van der Waals surface area contributed by atoms with Gasteiger partial charge in [0.1, 0.15) is 29.4 Å². The topological polar surface area (TPSA) is 180 Å². The molecule has 4 aliphatic rings. The number of hydrogen-bond acceptors (Lipinski definition) is 10. The van der Waals surface area contributed by atoms with Crippen molar-refractivity contribution in [3.8, 4) is 0 Å². The molecule has 5 rings (SSSR count). The number of nitrogens with zero attached hydrogens (tertiary/aromatic N) is 3. The Morgan fingerprint density at radius 3 is 2.39 bits per heavy atom. The number of hydrogen-bond donors (Lipinski definition) is 2. The van der Waals surface area contributed by atoms with Crippen molar-refractivity contribution in [2.45, 2.75) is 78.0 Å². The number of aliphatic imine (C=N–C) groups is 1. The molecule has 0 aliphatic carbocycles. The van der Waals surface area contributed by atoms with Crippen LogP contribution >= 0.6 is 11.8 Å². The maximum absolute atomic E-state index is 13.4. The molecule has 4 saturated heterocycles. The van der Waals surface area contributed by atoms with Crippen molar-refractivity contribution in [1.29, 1.82) is 0 Å². The molecule has 0 radical (unpaired) electrons. The van der Waals surface area contributed by atoms with Gasteiger partial charge in [-0.1, -0.05) is 30.3 Å². The number of nitrogens with one attached hydrogen (secondary N) is 1. The van der Waals surface area contributed by atoms with E-state index in [0.29, 0.717) is 5.56 Å². The van der Waals surface area contributed by atoms with Crippen LogP contribution in [0, 0.1) is 0 Å². The van der Waals surface area contributed by atoms with Gasteiger partial charge in [-0.25, -0.2) is 18.0 Å². The summed E-state index contributed by atoms with van der Waals surface area (Å²) in [5, 5.41) is 11.2. The fourth-order valence-corrected chi connectivity index (χ4v) is 10.0. The number of fused-ring (bicyclic) bond motifs is 2. The molecule has 1 aromatic rings. The minimum Gasteiger partial charge on any atom is -0.479 e. The van der Waals surface area contributed by atoms with Crippen LogP contribution in [0.15, 0.2) is 35.3 Å². The van der Waals surface area contributed by atoms with Gasteiger partial charge in [-0.2, -0.15) is 0 Å². The highest BCUT2D eigenvalue weighted by Gasteiger charge is 2.74. The number of ether oxygens (including phenoxy) is 1. The lowest BCUT2D eigenvalue weighted by Crippen LogP contribution is -2.77. The number of amides is 3. The molecule has 2 N–H and O–H groups in total. The predicted molar refractivity (Wildman–Crippen MR) is 146 cm³/mol. The van der Waals surface area contributed by atoms with Crippen molar-refractivity contribution in [2.24, 2.45) is 4.99 Å². The van der Waals surface area contributed by atoms with Gasteiger partial charge in [0.05, 0.1) is 15.9 Å². The fraction of sp³-hybridized carbons (Fsp3) is 0.538. The minimum absolute atomic E-state index is 0.234. The van der Waals surface area contributed by atoms with Crippen molar-refractivity contribution in [3.63, 3.8) is 0 Å². The van der Waals surface area contributed by atoms with E-state index in [9.17, 15) is 37.5 Å². The summed E-state index contributed by atoms with van der Waals surface area (Å²) < 4.78 is 28.4. The van der Waals surface area contributed by atoms with Crippen molar-refractivity contribution in [3.05, 3.63) is 35.9 Å². The maximum Gasteiger partial charge on any atom is 0.334 e. The Bertz CT molecular complexity index is 1480. The van der Waals surface area contributed by atoms with E-state index >= 15 is 0 Å². The molecule has 41 heavy (non-hydrogen) atoms. The molecule has 4 fully saturated rings. The lowest BCUT2D eigenvalue weighted by Gasteiger charge is -2.49. The zero-order valence-electron chi connectivity index (χ0n) is 22.8. The Balaban J connectivity index is 1.36. The quantitative estimate of drug-likeness (QED) is 0.234. The zero-order valence-corrected chi connectivity index (χ0v) is 24.4. The molecule has 4 heterocycles. The second-order valence-electron chi connectivity index (χ2n) is 11.5. The smallest absolute Gasteiger partial charge is 0.334 e. The Hall–Kier alpha value is -3.46. The number of aliphatic carboxylic acids is 1. The van der Waals surface area contributed by atoms with E-state index in [1.165, 1.54) is 13.8 Å². The Kier molecular flexibility index (Phi) is 6.57. The van der Waals surface area contributed by atoms with Crippen LogP contribution in [0.1, 0.15) is 45.7 Å². The average Bonchev–Trinajstić information content (AvgIpc) is 3.19. The minimum atomic E-state index is -3.88. The number of carboxylic acids is 1. The largest absolute Gasteiger partial charge is 0.479 e. The number of β-lactam (4-membered cyclic amide) rings is 2. The van der Waals surface area contributed by atoms with Crippen LogP contribution in [-0.4, -0.2) is 104 Å². The zero-order chi connectivity index (χ0) is 30.3. The highest BCUT2D eigenvalue weighted by Crippen LogP contribution is 2.57. The van der Waals surface area contributed by atoms with Crippen LogP contribution in [0.2, 0.25) is 0 Å². The van der Waals surface area contributed by atoms with Gasteiger partial charge in [0.25, 0.3) is 0 Å². The molecule has 0 spiro atoms. The van der Waals surface area contributed by atoms with Crippen molar-refractivity contribution in [1.82, 2.24) is 15.1 Å². The number of benzene rings is 1. The third kappa shape index (κ3) is 3.77. The van der Waals surface area contributed by atoms with Crippen molar-refractivity contribution < 1.29 is 42.2 Å². The van der Waals surface area contributed by atoms with Crippen LogP contribution in [-0.2, 0) is 38.5 Å². The van der Waals surface area contributed by atoms with E-state index in [-0.39, 0.29) is 6.42 Å². The molecule has 0 bridgehead atoms. The van der Waals surface area contributed by atoms with Crippen LogP contribution in [0.5, 0.6) is 0 Å². The van der Waals surface area contributed by atoms with Crippen molar-refractivity contribution >= 4 is 58.0 Å². The summed E-state index contributed by atoms with van der Waals surface area (Å²) in [5.74, 6) is -4.29. The third-order valence-electron chi connectivity index (χ3n) is 8.69. The first-order valence-corrected chi connectivity index (χ1v) is 15.2. The second kappa shape index (κ2) is 9.28. The molecular weight excluding hydrogens is 576 g/mol. The number of esters is 1. The first-order valence-electron chi connectivity index (χ1n) is 12.8. The number of rotatable bonds is 8. The number of thioether (sulfide) groups is 1. The van der Waals surface area contributed by atoms with Gasteiger partial charge in [-0.3, -0.25) is 19.4 Å². The standard InChI is InChI=1S/C26H30N4O9S2/c1-24(2)18(29-14(31)11-15(29)41(24,37)38)22(34)39-12-26(23(35)36)25(3,4)40-21-17(20(33)30(21)26)28-19(32)16(27-5)13-9-7-6-8-10-13/h6-10,15-18,21H,5,11-12H2,1-4H3,(H,28,32)(H,35,36)/t15-,16?,17-,18+,21-,26+/m1/s1. The highest BCUT2D eigenvalue weighted by molar-refractivity contribution is 8.01. The van der Waals surface area contributed by atoms with Crippen LogP contribution in [0.4, 0.5) is 0 Å². The molecule has 3 amide bonds. The molecule has 1 unspecified atom stereocenters. The Morgan fingerprint density at radius 1 is 1.20 bits per heavy atom. The number of carbonyl (C=O) groups excluding carboxylic acids is 4. The number of carboxylic acid groups (broad SMARTS) is 1. The van der Waals surface area contributed by atoms with E-state index in [0.717, 1.165) is 21.6 Å². The number of carbonyl (C=O) groups is 5. The van der Waals surface area contributed by atoms with E-state index in [1.54, 1.807) is 44.2 Å². The summed E-state index contributed by atoms with van der Waals surface area (Å²) in [6.45, 7) is 8.51. The Labute approximate surface area is 240 Å². The summed E-state index contributed by atoms with van der Waals surface area (Å²) in [6, 6.07) is 5.12. The first kappa shape index (κ1) is 29.0. The lowest BCUT2D eigenvalue weighted by atomic mass is 9.81. The molecule has 1 aromatic carbocycles. The predicted octanol–water partition coefficient (Wildman–Crippen LogP) is 0.107. The normalized spacial score (nSPS) is 32.6. The number of sulfone groups is 1. The fourth-order valence-electron chi connectivity index (χ4n) is 6.15. The average molecular weight is 607 g/mol. The van der Waals surface area contributed by atoms with Crippen molar-refractivity contribution in [2.75, 3.05) is 6.61 Å². The van der Waals surface area contributed by atoms with Gasteiger partial charge < -0.3 is 25.0 Å². The SMILES string of the molecule is C=NC(C(=O)N[C@@H]1C(=O)N2[C@@H]1SC(C)(C)[C@]2(COC(=O)[C@@H]1N2C(=O)C[C@H]2S(=O)(=O)C1(C)C)C(=O)O)c1ccccc1. The molecule has 0 saturated carbocycles. The van der Waals surface area contributed by atoms with E-state index in [4.69, 9.17) is 4.74 Å². The molecule has 13 nitrogen and oxygen atoms in total. The van der Waals surface area contributed by atoms with Gasteiger partial charge in [0, 0.05) is 0 Å². The highest BCUT2D eigenvalue weighted by atomic mass is 32.2. The Morgan fingerprint density at radius 2 is 1.83 bits per heavy atom. The lowest BCUT2D eigenvalue weighted by molar-refractivity contribution is -0.182. The van der Waals surface area contributed by atoms with Crippen LogP contribution in [0.25, 0.3) is 0 Å². The third-order valence-corrected chi connectivity index (χ3v) is 13.1. The molecule has 220 valence electrons. The summed E-state index contributed by atoms with van der Waals surface area (Å²) in [6.07, 6.45) is -0.234. The molecule has 0 aromatic heterocycles. The summed E-state index contributed by atoms with van der Waals surface area (Å²) in [5.41, 5.74) is -1.47. The summed E-state index contributed by atoms with van der Waals surface area (Å²) in [7, 11) is -3.88. The van der Waals surface area contributed by atoms with Gasteiger partial charge >= 0.3 is 11.9 Å². The van der Waals surface area contributed by atoms with Crippen LogP contribution in [0.3, 0.4) is 0 Å².